The van der Waals surface area contributed by atoms with E-state index in [1.54, 1.807) is 0 Å². The summed E-state index contributed by atoms with van der Waals surface area (Å²) in [6.07, 6.45) is 6.59. The second-order valence-corrected chi connectivity index (χ2v) is 6.48. The second-order valence-electron chi connectivity index (χ2n) is 6.07. The molecule has 112 valence electrons. The zero-order chi connectivity index (χ0) is 14.5. The van der Waals surface area contributed by atoms with Crippen molar-refractivity contribution in [2.24, 2.45) is 11.7 Å². The van der Waals surface area contributed by atoms with Gasteiger partial charge in [0.25, 0.3) is 0 Å². The molecule has 2 atom stereocenters. The van der Waals surface area contributed by atoms with Gasteiger partial charge < -0.3 is 10.6 Å². The molecule has 1 saturated heterocycles. The first-order chi connectivity index (χ1) is 9.61. The normalized spacial score (nSPS) is 21.6. The molecule has 2 N–H and O–H groups in total. The van der Waals surface area contributed by atoms with Crippen LogP contribution in [0.25, 0.3) is 0 Å². The van der Waals surface area contributed by atoms with Crippen LogP contribution < -0.4 is 10.6 Å². The third kappa shape index (κ3) is 3.89. The lowest BCUT2D eigenvalue weighted by Gasteiger charge is -2.24. The first-order valence-corrected chi connectivity index (χ1v) is 8.29. The maximum absolute atomic E-state index is 6.46. The maximum atomic E-state index is 6.46. The molecule has 1 heterocycles. The summed E-state index contributed by atoms with van der Waals surface area (Å²) >= 11 is 6.46. The number of benzene rings is 1. The van der Waals surface area contributed by atoms with Gasteiger partial charge in [0, 0.05) is 19.1 Å². The largest absolute Gasteiger partial charge is 0.370 e. The molecule has 0 radical (unpaired) electrons. The maximum Gasteiger partial charge on any atom is 0.0642 e. The minimum atomic E-state index is 0.0413. The highest BCUT2D eigenvalue weighted by Gasteiger charge is 2.18. The Bertz CT molecular complexity index is 431. The van der Waals surface area contributed by atoms with Crippen LogP contribution in [0.1, 0.15) is 57.6 Å². The van der Waals surface area contributed by atoms with Crippen molar-refractivity contribution in [1.82, 2.24) is 0 Å². The zero-order valence-electron chi connectivity index (χ0n) is 12.7. The van der Waals surface area contributed by atoms with Crippen LogP contribution in [0.5, 0.6) is 0 Å². The van der Waals surface area contributed by atoms with Gasteiger partial charge in [-0.1, -0.05) is 37.4 Å². The molecule has 2 nitrogen and oxygen atoms in total. The van der Waals surface area contributed by atoms with E-state index < -0.39 is 0 Å². The fraction of sp³-hybridized carbons (Fsp3) is 0.647. The predicted octanol–water partition coefficient (Wildman–Crippen LogP) is 4.77. The monoisotopic (exact) mass is 294 g/mol. The summed E-state index contributed by atoms with van der Waals surface area (Å²) in [6, 6.07) is 6.32. The van der Waals surface area contributed by atoms with E-state index in [2.05, 4.69) is 24.0 Å². The van der Waals surface area contributed by atoms with E-state index in [-0.39, 0.29) is 6.04 Å². The van der Waals surface area contributed by atoms with Gasteiger partial charge in [-0.15, -0.1) is 0 Å². The van der Waals surface area contributed by atoms with Crippen molar-refractivity contribution in [3.63, 3.8) is 0 Å². The summed E-state index contributed by atoms with van der Waals surface area (Å²) in [5.41, 5.74) is 8.20. The Balaban J connectivity index is 2.07. The molecular formula is C17H27ClN2. The van der Waals surface area contributed by atoms with Gasteiger partial charge in [0.15, 0.2) is 0 Å². The number of hydrogen-bond donors (Lipinski definition) is 1. The third-order valence-corrected chi connectivity index (χ3v) is 4.69. The van der Waals surface area contributed by atoms with Crippen LogP contribution in [-0.4, -0.2) is 13.1 Å². The molecule has 0 spiro atoms. The Labute approximate surface area is 128 Å². The summed E-state index contributed by atoms with van der Waals surface area (Å²) in [5, 5.41) is 0.841. The van der Waals surface area contributed by atoms with E-state index in [0.29, 0.717) is 0 Å². The third-order valence-electron chi connectivity index (χ3n) is 4.38. The Hall–Kier alpha value is -0.730. The molecular weight excluding hydrogens is 268 g/mol. The number of rotatable bonds is 4. The fourth-order valence-electron chi connectivity index (χ4n) is 3.17. The molecule has 1 fully saturated rings. The Morgan fingerprint density at radius 1 is 1.35 bits per heavy atom. The molecule has 0 aliphatic carbocycles. The lowest BCUT2D eigenvalue weighted by Crippen LogP contribution is -2.24. The SMILES string of the molecule is CCCC1CCCN(c2ccc(C(C)N)cc2Cl)CC1. The van der Waals surface area contributed by atoms with Crippen molar-refractivity contribution >= 4 is 17.3 Å². The van der Waals surface area contributed by atoms with Crippen molar-refractivity contribution < 1.29 is 0 Å². The average molecular weight is 295 g/mol. The lowest BCUT2D eigenvalue weighted by atomic mass is 9.96. The number of hydrogen-bond acceptors (Lipinski definition) is 2. The molecule has 0 bridgehead atoms. The first kappa shape index (κ1) is 15.7. The highest BCUT2D eigenvalue weighted by molar-refractivity contribution is 6.33. The van der Waals surface area contributed by atoms with Crippen LogP contribution in [0.4, 0.5) is 5.69 Å². The Morgan fingerprint density at radius 2 is 2.15 bits per heavy atom. The van der Waals surface area contributed by atoms with Gasteiger partial charge in [-0.3, -0.25) is 0 Å². The zero-order valence-corrected chi connectivity index (χ0v) is 13.5. The van der Waals surface area contributed by atoms with Gasteiger partial charge in [0.05, 0.1) is 10.7 Å². The van der Waals surface area contributed by atoms with Gasteiger partial charge in [0.1, 0.15) is 0 Å². The summed E-state index contributed by atoms with van der Waals surface area (Å²) in [5.74, 6) is 0.895. The Morgan fingerprint density at radius 3 is 2.80 bits per heavy atom. The number of halogens is 1. The van der Waals surface area contributed by atoms with Crippen molar-refractivity contribution in [2.75, 3.05) is 18.0 Å². The Kier molecular flexibility index (Phi) is 5.74. The molecule has 3 heteroatoms. The minimum absolute atomic E-state index is 0.0413. The molecule has 1 aliphatic rings. The van der Waals surface area contributed by atoms with E-state index in [4.69, 9.17) is 17.3 Å². The molecule has 20 heavy (non-hydrogen) atoms. The van der Waals surface area contributed by atoms with Crippen molar-refractivity contribution in [3.05, 3.63) is 28.8 Å². The van der Waals surface area contributed by atoms with Crippen molar-refractivity contribution in [2.45, 2.75) is 52.0 Å². The van der Waals surface area contributed by atoms with Crippen molar-refractivity contribution in [3.8, 4) is 0 Å². The number of anilines is 1. The molecule has 0 aromatic heterocycles. The fourth-order valence-corrected chi connectivity index (χ4v) is 3.47. The number of nitrogens with two attached hydrogens (primary N) is 1. The van der Waals surface area contributed by atoms with E-state index in [0.717, 1.165) is 29.6 Å². The predicted molar refractivity (Wildman–Crippen MR) is 88.5 cm³/mol. The lowest BCUT2D eigenvalue weighted by molar-refractivity contribution is 0.435. The van der Waals surface area contributed by atoms with Gasteiger partial charge in [-0.25, -0.2) is 0 Å². The highest BCUT2D eigenvalue weighted by atomic mass is 35.5. The van der Waals surface area contributed by atoms with Gasteiger partial charge in [-0.05, 0) is 49.8 Å². The van der Waals surface area contributed by atoms with Gasteiger partial charge in [0.2, 0.25) is 0 Å². The molecule has 1 aromatic rings. The summed E-state index contributed by atoms with van der Waals surface area (Å²) in [4.78, 5) is 2.45. The quantitative estimate of drug-likeness (QED) is 0.867. The summed E-state index contributed by atoms with van der Waals surface area (Å²) in [7, 11) is 0. The summed E-state index contributed by atoms with van der Waals surface area (Å²) in [6.45, 7) is 6.53. The van der Waals surface area contributed by atoms with E-state index >= 15 is 0 Å². The smallest absolute Gasteiger partial charge is 0.0642 e. The topological polar surface area (TPSA) is 29.3 Å². The van der Waals surface area contributed by atoms with Crippen LogP contribution in [0.2, 0.25) is 5.02 Å². The van der Waals surface area contributed by atoms with Crippen LogP contribution in [-0.2, 0) is 0 Å². The average Bonchev–Trinajstić information content (AvgIpc) is 2.65. The van der Waals surface area contributed by atoms with Crippen LogP contribution in [0.3, 0.4) is 0 Å². The molecule has 0 saturated carbocycles. The molecule has 2 rings (SSSR count). The second kappa shape index (κ2) is 7.33. The first-order valence-electron chi connectivity index (χ1n) is 7.91. The molecule has 0 amide bonds. The van der Waals surface area contributed by atoms with Crippen LogP contribution in [0.15, 0.2) is 18.2 Å². The van der Waals surface area contributed by atoms with E-state index in [1.165, 1.54) is 37.8 Å². The van der Waals surface area contributed by atoms with Gasteiger partial charge in [-0.2, -0.15) is 0 Å². The molecule has 1 aromatic carbocycles. The van der Waals surface area contributed by atoms with Crippen LogP contribution >= 0.6 is 11.6 Å². The van der Waals surface area contributed by atoms with E-state index in [9.17, 15) is 0 Å². The highest BCUT2D eigenvalue weighted by Crippen LogP contribution is 2.31. The van der Waals surface area contributed by atoms with E-state index in [1.807, 2.05) is 13.0 Å². The van der Waals surface area contributed by atoms with Crippen LogP contribution in [0, 0.1) is 5.92 Å². The summed E-state index contributed by atoms with van der Waals surface area (Å²) < 4.78 is 0. The number of nitrogens with zero attached hydrogens (tertiary/aromatic N) is 1. The molecule has 2 unspecified atom stereocenters. The van der Waals surface area contributed by atoms with Crippen molar-refractivity contribution in [1.29, 1.82) is 0 Å². The van der Waals surface area contributed by atoms with Gasteiger partial charge >= 0.3 is 0 Å². The standard InChI is InChI=1S/C17H27ClN2/c1-3-5-14-6-4-10-20(11-9-14)17-8-7-15(13(2)19)12-16(17)18/h7-8,12-14H,3-6,9-11,19H2,1-2H3. The molecule has 1 aliphatic heterocycles. The minimum Gasteiger partial charge on any atom is -0.370 e.